The minimum atomic E-state index is -0.312. The third-order valence-corrected chi connectivity index (χ3v) is 4.01. The van der Waals surface area contributed by atoms with Crippen LogP contribution in [0.2, 0.25) is 0 Å². The number of carbonyl (C=O) groups is 1. The third kappa shape index (κ3) is 2.30. The van der Waals surface area contributed by atoms with Gasteiger partial charge in [0.05, 0.1) is 5.92 Å². The molecule has 108 valence electrons. The fourth-order valence-electron chi connectivity index (χ4n) is 2.66. The van der Waals surface area contributed by atoms with Gasteiger partial charge in [-0.05, 0) is 37.1 Å². The number of hydrogen-bond acceptors (Lipinski definition) is 4. The molecule has 0 unspecified atom stereocenters. The van der Waals surface area contributed by atoms with Gasteiger partial charge in [0.1, 0.15) is 5.82 Å². The number of benzene rings is 1. The number of rotatable bonds is 3. The lowest BCUT2D eigenvalue weighted by Crippen LogP contribution is -2.24. The molecule has 0 spiro atoms. The highest BCUT2D eigenvalue weighted by molar-refractivity contribution is 5.96. The van der Waals surface area contributed by atoms with Crippen molar-refractivity contribution in [3.63, 3.8) is 0 Å². The van der Waals surface area contributed by atoms with Crippen LogP contribution in [0.25, 0.3) is 0 Å². The van der Waals surface area contributed by atoms with E-state index in [1.165, 1.54) is 12.1 Å². The first-order valence-corrected chi connectivity index (χ1v) is 7.10. The zero-order valence-electron chi connectivity index (χ0n) is 11.3. The Morgan fingerprint density at radius 3 is 2.67 bits per heavy atom. The van der Waals surface area contributed by atoms with E-state index >= 15 is 0 Å². The van der Waals surface area contributed by atoms with E-state index in [0.717, 1.165) is 18.7 Å². The van der Waals surface area contributed by atoms with Crippen molar-refractivity contribution in [3.8, 4) is 0 Å². The molecule has 1 aromatic carbocycles. The number of amides is 1. The highest BCUT2D eigenvalue weighted by atomic mass is 19.1. The van der Waals surface area contributed by atoms with Crippen molar-refractivity contribution in [2.24, 2.45) is 0 Å². The molecule has 1 atom stereocenters. The number of halogens is 1. The number of hydrogen-bond donors (Lipinski definition) is 0. The Hall–Kier alpha value is -2.24. The molecule has 2 fully saturated rings. The van der Waals surface area contributed by atoms with E-state index in [-0.39, 0.29) is 17.6 Å². The van der Waals surface area contributed by atoms with Gasteiger partial charge in [0, 0.05) is 24.6 Å². The summed E-state index contributed by atoms with van der Waals surface area (Å²) in [5.74, 6) is 1.34. The minimum Gasteiger partial charge on any atom is -0.339 e. The standard InChI is InChI=1S/C15H14FN3O2/c16-11-3-5-12(6-4-11)19-8-10(7-13(19)20)15-17-14(18-21-15)9-1-2-9/h3-6,9-10H,1-2,7-8H2/t10-/m1/s1. The summed E-state index contributed by atoms with van der Waals surface area (Å²) >= 11 is 0. The molecular weight excluding hydrogens is 273 g/mol. The first-order valence-electron chi connectivity index (χ1n) is 7.10. The Morgan fingerprint density at radius 2 is 1.95 bits per heavy atom. The molecule has 21 heavy (non-hydrogen) atoms. The first kappa shape index (κ1) is 12.5. The van der Waals surface area contributed by atoms with E-state index in [1.807, 2.05) is 0 Å². The molecule has 1 aliphatic carbocycles. The lowest BCUT2D eigenvalue weighted by atomic mass is 10.1. The average Bonchev–Trinajstić information content (AvgIpc) is 3.08. The van der Waals surface area contributed by atoms with Crippen LogP contribution >= 0.6 is 0 Å². The molecule has 2 aliphatic rings. The molecule has 1 aliphatic heterocycles. The Balaban J connectivity index is 1.53. The molecule has 2 aromatic rings. The zero-order chi connectivity index (χ0) is 14.4. The largest absolute Gasteiger partial charge is 0.339 e. The van der Waals surface area contributed by atoms with E-state index in [2.05, 4.69) is 10.1 Å². The van der Waals surface area contributed by atoms with Crippen LogP contribution in [0, 0.1) is 5.82 Å². The van der Waals surface area contributed by atoms with E-state index in [4.69, 9.17) is 4.52 Å². The first-order chi connectivity index (χ1) is 10.2. The summed E-state index contributed by atoms with van der Waals surface area (Å²) in [5, 5.41) is 3.99. The maximum atomic E-state index is 13.0. The van der Waals surface area contributed by atoms with Crippen LogP contribution in [0.1, 0.15) is 42.8 Å². The van der Waals surface area contributed by atoms with Crippen LogP contribution in [0.5, 0.6) is 0 Å². The predicted octanol–water partition coefficient (Wildman–Crippen LogP) is 2.61. The van der Waals surface area contributed by atoms with E-state index in [0.29, 0.717) is 30.5 Å². The smallest absolute Gasteiger partial charge is 0.232 e. The number of nitrogens with zero attached hydrogens (tertiary/aromatic N) is 3. The minimum absolute atomic E-state index is 0.00206. The molecule has 4 rings (SSSR count). The highest BCUT2D eigenvalue weighted by Gasteiger charge is 2.36. The summed E-state index contributed by atoms with van der Waals surface area (Å²) in [7, 11) is 0. The maximum Gasteiger partial charge on any atom is 0.232 e. The monoisotopic (exact) mass is 287 g/mol. The van der Waals surface area contributed by atoms with Crippen LogP contribution in [0.15, 0.2) is 28.8 Å². The molecule has 2 heterocycles. The maximum absolute atomic E-state index is 13.0. The van der Waals surface area contributed by atoms with Crippen LogP contribution < -0.4 is 4.90 Å². The second kappa shape index (κ2) is 4.65. The second-order valence-electron chi connectivity index (χ2n) is 5.65. The van der Waals surface area contributed by atoms with Crippen LogP contribution in [0.3, 0.4) is 0 Å². The summed E-state index contributed by atoms with van der Waals surface area (Å²) in [6.07, 6.45) is 2.58. The van der Waals surface area contributed by atoms with Crippen LogP contribution in [0.4, 0.5) is 10.1 Å². The quantitative estimate of drug-likeness (QED) is 0.870. The molecule has 0 radical (unpaired) electrons. The van der Waals surface area contributed by atoms with Gasteiger partial charge < -0.3 is 9.42 Å². The van der Waals surface area contributed by atoms with Crippen molar-refractivity contribution in [1.82, 2.24) is 10.1 Å². The number of aromatic nitrogens is 2. The van der Waals surface area contributed by atoms with Gasteiger partial charge in [-0.3, -0.25) is 4.79 Å². The Kier molecular flexibility index (Phi) is 2.77. The molecule has 5 nitrogen and oxygen atoms in total. The van der Waals surface area contributed by atoms with Crippen molar-refractivity contribution in [1.29, 1.82) is 0 Å². The summed E-state index contributed by atoms with van der Waals surface area (Å²) in [4.78, 5) is 18.2. The lowest BCUT2D eigenvalue weighted by Gasteiger charge is -2.15. The topological polar surface area (TPSA) is 59.2 Å². The van der Waals surface area contributed by atoms with Gasteiger partial charge in [-0.1, -0.05) is 5.16 Å². The van der Waals surface area contributed by atoms with Gasteiger partial charge >= 0.3 is 0 Å². The number of carbonyl (C=O) groups excluding carboxylic acids is 1. The molecule has 1 saturated carbocycles. The summed E-state index contributed by atoms with van der Waals surface area (Å²) in [6, 6.07) is 5.93. The molecule has 6 heteroatoms. The van der Waals surface area contributed by atoms with Gasteiger partial charge in [0.2, 0.25) is 11.8 Å². The van der Waals surface area contributed by atoms with Gasteiger partial charge in [-0.2, -0.15) is 4.98 Å². The summed E-state index contributed by atoms with van der Waals surface area (Å²) in [5.41, 5.74) is 0.700. The molecule has 1 saturated heterocycles. The molecule has 1 amide bonds. The fraction of sp³-hybridized carbons (Fsp3) is 0.400. The Morgan fingerprint density at radius 1 is 1.19 bits per heavy atom. The van der Waals surface area contributed by atoms with Crippen LogP contribution in [-0.4, -0.2) is 22.6 Å². The zero-order valence-corrected chi connectivity index (χ0v) is 11.3. The molecule has 0 N–H and O–H groups in total. The second-order valence-corrected chi connectivity index (χ2v) is 5.65. The SMILES string of the molecule is O=C1C[C@@H](c2nc(C3CC3)no2)CN1c1ccc(F)cc1. The van der Waals surface area contributed by atoms with Crippen molar-refractivity contribution < 1.29 is 13.7 Å². The fourth-order valence-corrected chi connectivity index (χ4v) is 2.66. The van der Waals surface area contributed by atoms with Crippen molar-refractivity contribution in [2.45, 2.75) is 31.1 Å². The highest BCUT2D eigenvalue weighted by Crippen LogP contribution is 2.39. The third-order valence-electron chi connectivity index (χ3n) is 4.01. The average molecular weight is 287 g/mol. The van der Waals surface area contributed by atoms with Gasteiger partial charge in [-0.15, -0.1) is 0 Å². The van der Waals surface area contributed by atoms with Crippen molar-refractivity contribution >= 4 is 11.6 Å². The Bertz CT molecular complexity index is 678. The van der Waals surface area contributed by atoms with E-state index in [9.17, 15) is 9.18 Å². The van der Waals surface area contributed by atoms with E-state index in [1.54, 1.807) is 17.0 Å². The molecule has 1 aromatic heterocycles. The predicted molar refractivity (Wildman–Crippen MR) is 72.4 cm³/mol. The summed E-state index contributed by atoms with van der Waals surface area (Å²) < 4.78 is 18.3. The lowest BCUT2D eigenvalue weighted by molar-refractivity contribution is -0.117. The van der Waals surface area contributed by atoms with Crippen molar-refractivity contribution in [3.05, 3.63) is 41.8 Å². The van der Waals surface area contributed by atoms with E-state index < -0.39 is 0 Å². The van der Waals surface area contributed by atoms with Gasteiger partial charge in [0.15, 0.2) is 5.82 Å². The van der Waals surface area contributed by atoms with Gasteiger partial charge in [-0.25, -0.2) is 4.39 Å². The molecular formula is C15H14FN3O2. The number of anilines is 1. The Labute approximate surface area is 120 Å². The normalized spacial score (nSPS) is 22.0. The van der Waals surface area contributed by atoms with Crippen LogP contribution in [-0.2, 0) is 4.79 Å². The van der Waals surface area contributed by atoms with Crippen molar-refractivity contribution in [2.75, 3.05) is 11.4 Å². The van der Waals surface area contributed by atoms with Gasteiger partial charge in [0.25, 0.3) is 0 Å². The summed E-state index contributed by atoms with van der Waals surface area (Å²) in [6.45, 7) is 0.497. The molecule has 0 bridgehead atoms.